The Bertz CT molecular complexity index is 3070. The van der Waals surface area contributed by atoms with Gasteiger partial charge in [-0.3, -0.25) is 14.1 Å². The van der Waals surface area contributed by atoms with Crippen LogP contribution < -0.4 is 9.80 Å². The quantitative estimate of drug-likeness (QED) is 0.0590. The molecule has 3 aliphatic rings. The van der Waals surface area contributed by atoms with Crippen LogP contribution in [-0.2, 0) is 35.4 Å². The van der Waals surface area contributed by atoms with Gasteiger partial charge in [0, 0.05) is 69.7 Å². The number of carbonyl (C=O) groups excluding carboxylic acids is 3. The molecular formula is C46H38N3O8S+. The van der Waals surface area contributed by atoms with Crippen molar-refractivity contribution in [3.63, 3.8) is 0 Å². The first-order chi connectivity index (χ1) is 27.6. The minimum Gasteiger partial charge on any atom is -0.340 e. The number of hydrogen-bond acceptors (Lipinski definition) is 8. The van der Waals surface area contributed by atoms with Crippen molar-refractivity contribution >= 4 is 94.1 Å². The molecule has 0 bridgehead atoms. The highest BCUT2D eigenvalue weighted by molar-refractivity contribution is 7.85. The molecule has 4 heterocycles. The summed E-state index contributed by atoms with van der Waals surface area (Å²) in [6.45, 7) is 10.0. The molecule has 6 aromatic carbocycles. The average Bonchev–Trinajstić information content (AvgIpc) is 3.80. The molecule has 290 valence electrons. The number of hydroxylamine groups is 2. The normalized spacial score (nSPS) is 17.2. The Kier molecular flexibility index (Phi) is 7.64. The summed E-state index contributed by atoms with van der Waals surface area (Å²) < 4.78 is 40.9. The van der Waals surface area contributed by atoms with E-state index in [4.69, 9.17) is 9.25 Å². The summed E-state index contributed by atoms with van der Waals surface area (Å²) in [5.41, 5.74) is 6.77. The number of fused-ring (bicyclic) bond motifs is 12. The number of amides is 2. The van der Waals surface area contributed by atoms with Crippen LogP contribution in [0.2, 0.25) is 0 Å². The Morgan fingerprint density at radius 3 is 1.52 bits per heavy atom. The third-order valence-electron chi connectivity index (χ3n) is 11.9. The van der Waals surface area contributed by atoms with E-state index < -0.39 is 33.3 Å². The van der Waals surface area contributed by atoms with Gasteiger partial charge in [0.05, 0.1) is 43.7 Å². The second kappa shape index (κ2) is 12.3. The van der Waals surface area contributed by atoms with Crippen molar-refractivity contribution in [3.8, 4) is 0 Å². The van der Waals surface area contributed by atoms with Crippen molar-refractivity contribution in [2.24, 2.45) is 0 Å². The van der Waals surface area contributed by atoms with Crippen molar-refractivity contribution in [1.82, 2.24) is 5.06 Å². The summed E-state index contributed by atoms with van der Waals surface area (Å²) in [5, 5.41) is 6.73. The van der Waals surface area contributed by atoms with E-state index in [2.05, 4.69) is 67.8 Å². The van der Waals surface area contributed by atoms with Crippen molar-refractivity contribution in [2.45, 2.75) is 56.3 Å². The molecule has 10 rings (SSSR count). The molecule has 0 saturated carbocycles. The van der Waals surface area contributed by atoms with Gasteiger partial charge in [-0.25, -0.2) is 9.21 Å². The highest BCUT2D eigenvalue weighted by Crippen LogP contribution is 2.56. The van der Waals surface area contributed by atoms with Crippen LogP contribution >= 0.6 is 0 Å². The zero-order valence-corrected chi connectivity index (χ0v) is 33.0. The van der Waals surface area contributed by atoms with E-state index in [-0.39, 0.29) is 28.7 Å². The van der Waals surface area contributed by atoms with E-state index in [0.29, 0.717) is 18.2 Å². The fraction of sp³-hybridized carbons (Fsp3) is 0.217. The van der Waals surface area contributed by atoms with Gasteiger partial charge < -0.3 is 14.6 Å². The number of anilines is 4. The first kappa shape index (κ1) is 36.0. The smallest absolute Gasteiger partial charge is 0.340 e. The topological polar surface area (TPSA) is 136 Å². The van der Waals surface area contributed by atoms with Gasteiger partial charge in [0.15, 0.2) is 0 Å². The van der Waals surface area contributed by atoms with E-state index in [0.717, 1.165) is 77.4 Å². The minimum atomic E-state index is -4.35. The largest absolute Gasteiger partial charge is 0.367 e. The molecular weight excluding hydrogens is 755 g/mol. The number of carbonyl (C=O) groups is 3. The molecule has 2 amide bonds. The summed E-state index contributed by atoms with van der Waals surface area (Å²) in [6, 6.07) is 32.2. The van der Waals surface area contributed by atoms with Crippen LogP contribution in [0.3, 0.4) is 0 Å². The van der Waals surface area contributed by atoms with Crippen molar-refractivity contribution in [2.75, 3.05) is 22.9 Å². The van der Waals surface area contributed by atoms with Crippen molar-refractivity contribution in [3.05, 3.63) is 120 Å². The first-order valence-electron chi connectivity index (χ1n) is 19.1. The molecule has 12 heteroatoms. The molecule has 1 aromatic heterocycles. The molecule has 0 aliphatic carbocycles. The van der Waals surface area contributed by atoms with Crippen LogP contribution in [0.4, 0.5) is 22.7 Å². The van der Waals surface area contributed by atoms with E-state index in [1.54, 1.807) is 24.3 Å². The second-order valence-corrected chi connectivity index (χ2v) is 18.1. The maximum absolute atomic E-state index is 13.0. The monoisotopic (exact) mass is 792 g/mol. The van der Waals surface area contributed by atoms with Gasteiger partial charge in [-0.05, 0) is 54.6 Å². The van der Waals surface area contributed by atoms with Crippen LogP contribution in [-0.4, -0.2) is 48.9 Å². The molecule has 58 heavy (non-hydrogen) atoms. The lowest BCUT2D eigenvalue weighted by atomic mass is 9.82. The number of nitrogens with zero attached hydrogens (tertiary/aromatic N) is 3. The van der Waals surface area contributed by atoms with Gasteiger partial charge in [0.1, 0.15) is 0 Å². The van der Waals surface area contributed by atoms with Crippen LogP contribution in [0.5, 0.6) is 0 Å². The Hall–Kier alpha value is -6.37. The molecule has 0 unspecified atom stereocenters. The lowest BCUT2D eigenvalue weighted by Crippen LogP contribution is -2.32. The zero-order valence-electron chi connectivity index (χ0n) is 32.2. The third-order valence-corrected chi connectivity index (χ3v) is 12.8. The second-order valence-electron chi connectivity index (χ2n) is 16.7. The summed E-state index contributed by atoms with van der Waals surface area (Å²) in [5.74, 6) is -1.85. The molecule has 0 atom stereocenters. The Morgan fingerprint density at radius 1 is 0.638 bits per heavy atom. The molecule has 1 saturated heterocycles. The van der Waals surface area contributed by atoms with Gasteiger partial charge in [-0.1, -0.05) is 76.2 Å². The summed E-state index contributed by atoms with van der Waals surface area (Å²) in [7, 11) is -4.35. The average molecular weight is 793 g/mol. The van der Waals surface area contributed by atoms with E-state index in [1.165, 1.54) is 12.1 Å². The molecule has 1 N–H and O–H groups in total. The van der Waals surface area contributed by atoms with Gasteiger partial charge >= 0.3 is 17.1 Å². The maximum atomic E-state index is 13.0. The first-order valence-corrected chi connectivity index (χ1v) is 20.6. The van der Waals surface area contributed by atoms with Crippen LogP contribution in [0.1, 0.15) is 62.0 Å². The minimum absolute atomic E-state index is 0.0194. The fourth-order valence-electron chi connectivity index (χ4n) is 9.33. The van der Waals surface area contributed by atoms with Crippen molar-refractivity contribution in [1.29, 1.82) is 0 Å². The lowest BCUT2D eigenvalue weighted by Gasteiger charge is -2.23. The van der Waals surface area contributed by atoms with Crippen molar-refractivity contribution < 1.29 is 36.6 Å². The Labute approximate surface area is 333 Å². The number of rotatable bonds is 5. The van der Waals surface area contributed by atoms with Crippen LogP contribution in [0, 0.1) is 0 Å². The number of benzene rings is 6. The molecule has 11 nitrogen and oxygen atoms in total. The molecule has 7 aromatic rings. The highest BCUT2D eigenvalue weighted by atomic mass is 32.2. The predicted molar refractivity (Wildman–Crippen MR) is 222 cm³/mol. The van der Waals surface area contributed by atoms with E-state index in [9.17, 15) is 27.4 Å². The standard InChI is InChI=1S/C46H37N3O8S/c1-45(2)24-47(27-15-13-26(14-16-27)44(52)57-49-36(50)21-22-37(49)51)40-32-11-7-5-9-30(32)34-23-35-31-10-6-8-12-33(31)41-39(43(35)56-42(34)38(40)45)46(3,4)25-48(41)28-17-19-29(20-18-28)58(53,54)55/h5-20,23H,21-22,24-25H2,1-4H3/p+1. The molecule has 0 radical (unpaired) electrons. The number of hydrogen-bond donors (Lipinski definition) is 1. The van der Waals surface area contributed by atoms with Gasteiger partial charge in [0.2, 0.25) is 0 Å². The predicted octanol–water partition coefficient (Wildman–Crippen LogP) is 9.50. The molecule has 3 aliphatic heterocycles. The number of imide groups is 1. The van der Waals surface area contributed by atoms with E-state index >= 15 is 0 Å². The third kappa shape index (κ3) is 5.31. The van der Waals surface area contributed by atoms with Crippen LogP contribution in [0.25, 0.3) is 43.5 Å². The highest BCUT2D eigenvalue weighted by Gasteiger charge is 2.47. The van der Waals surface area contributed by atoms with Gasteiger partial charge in [0.25, 0.3) is 21.9 Å². The van der Waals surface area contributed by atoms with Gasteiger partial charge in [-0.15, -0.1) is 5.06 Å². The molecule has 1 fully saturated rings. The Balaban J connectivity index is 1.17. The van der Waals surface area contributed by atoms with E-state index in [1.807, 2.05) is 36.4 Å². The Morgan fingerprint density at radius 2 is 1.07 bits per heavy atom. The summed E-state index contributed by atoms with van der Waals surface area (Å²) >= 11 is 0. The maximum Gasteiger partial charge on any atom is 0.367 e. The molecule has 0 spiro atoms. The zero-order chi connectivity index (χ0) is 40.5. The lowest BCUT2D eigenvalue weighted by molar-refractivity contribution is -0.172. The summed E-state index contributed by atoms with van der Waals surface area (Å²) in [6.07, 6.45) is 0.0388. The SMILES string of the molecule is CC1(C)CN(c2ccc(C(=O)ON3C(=O)CCC3=O)cc2)c2c1c1[o+]c3c4c(c5ccccc5c3cc1c1ccccc21)N(c1ccc(S(=O)(=O)O)cc1)CC4(C)C. The van der Waals surface area contributed by atoms with Crippen LogP contribution in [0.15, 0.2) is 112 Å². The van der Waals surface area contributed by atoms with Gasteiger partial charge in [-0.2, -0.15) is 8.42 Å². The summed E-state index contributed by atoms with van der Waals surface area (Å²) in [4.78, 5) is 46.6. The fourth-order valence-corrected chi connectivity index (χ4v) is 9.81.